The average Bonchev–Trinajstić information content (AvgIpc) is 3.15. The van der Waals surface area contributed by atoms with Gasteiger partial charge in [0.25, 0.3) is 0 Å². The number of hydrogen-bond donors (Lipinski definition) is 2. The monoisotopic (exact) mass is 375 g/mol. The summed E-state index contributed by atoms with van der Waals surface area (Å²) in [5.74, 6) is 1.86. The first kappa shape index (κ1) is 21.4. The van der Waals surface area contributed by atoms with Crippen LogP contribution in [0.1, 0.15) is 33.6 Å². The van der Waals surface area contributed by atoms with Gasteiger partial charge in [-0.2, -0.15) is 0 Å². The van der Waals surface area contributed by atoms with E-state index in [1.54, 1.807) is 7.11 Å². The van der Waals surface area contributed by atoms with E-state index < -0.39 is 0 Å². The molecule has 1 aliphatic heterocycles. The maximum Gasteiger partial charge on any atom is 0.191 e. The maximum atomic E-state index is 5.51. The van der Waals surface area contributed by atoms with E-state index in [0.29, 0.717) is 12.1 Å². The molecule has 1 aromatic rings. The molecular weight excluding hydrogens is 338 g/mol. The number of rotatable bonds is 9. The largest absolute Gasteiger partial charge is 0.495 e. The van der Waals surface area contributed by atoms with E-state index in [1.165, 1.54) is 12.1 Å². The number of anilines is 1. The maximum absolute atomic E-state index is 5.51. The molecule has 0 radical (unpaired) electrons. The SMILES string of the molecule is CCNC(=NCCN(C)C(C)CC)NC1CCN(c2ccccc2OC)C1. The van der Waals surface area contributed by atoms with Crippen LogP contribution in [0.15, 0.2) is 29.3 Å². The average molecular weight is 376 g/mol. The summed E-state index contributed by atoms with van der Waals surface area (Å²) in [6, 6.07) is 9.22. The van der Waals surface area contributed by atoms with Gasteiger partial charge in [-0.15, -0.1) is 0 Å². The summed E-state index contributed by atoms with van der Waals surface area (Å²) < 4.78 is 5.51. The molecule has 6 heteroatoms. The molecule has 0 spiro atoms. The summed E-state index contributed by atoms with van der Waals surface area (Å²) in [5.41, 5.74) is 1.17. The molecule has 0 aliphatic carbocycles. The summed E-state index contributed by atoms with van der Waals surface area (Å²) in [5, 5.41) is 6.99. The Morgan fingerprint density at radius 2 is 2.15 bits per heavy atom. The van der Waals surface area contributed by atoms with Gasteiger partial charge in [-0.05, 0) is 45.9 Å². The van der Waals surface area contributed by atoms with Gasteiger partial charge in [0.1, 0.15) is 5.75 Å². The number of guanidine groups is 1. The van der Waals surface area contributed by atoms with Crippen molar-refractivity contribution in [2.75, 3.05) is 51.8 Å². The molecule has 2 unspecified atom stereocenters. The number of aliphatic imine (C=N–C) groups is 1. The van der Waals surface area contributed by atoms with Crippen LogP contribution in [0.4, 0.5) is 5.69 Å². The summed E-state index contributed by atoms with van der Waals surface area (Å²) in [4.78, 5) is 9.53. The number of methoxy groups -OCH3 is 1. The fourth-order valence-corrected chi connectivity index (χ4v) is 3.35. The molecular formula is C21H37N5O. The van der Waals surface area contributed by atoms with Crippen LogP contribution >= 0.6 is 0 Å². The fraction of sp³-hybridized carbons (Fsp3) is 0.667. The molecule has 6 nitrogen and oxygen atoms in total. The molecule has 0 bridgehead atoms. The van der Waals surface area contributed by atoms with Crippen molar-refractivity contribution in [1.29, 1.82) is 0 Å². The van der Waals surface area contributed by atoms with Gasteiger partial charge in [0.05, 0.1) is 19.3 Å². The van der Waals surface area contributed by atoms with Crippen molar-refractivity contribution >= 4 is 11.6 Å². The predicted octanol–water partition coefficient (Wildman–Crippen LogP) is 2.56. The molecule has 1 aliphatic rings. The Hall–Kier alpha value is -1.95. The summed E-state index contributed by atoms with van der Waals surface area (Å²) in [7, 11) is 3.91. The highest BCUT2D eigenvalue weighted by Crippen LogP contribution is 2.30. The summed E-state index contributed by atoms with van der Waals surface area (Å²) >= 11 is 0. The summed E-state index contributed by atoms with van der Waals surface area (Å²) in [6.45, 7) is 11.2. The number of likely N-dealkylation sites (N-methyl/N-ethyl adjacent to an activating group) is 1. The lowest BCUT2D eigenvalue weighted by Gasteiger charge is -2.23. The van der Waals surface area contributed by atoms with Crippen molar-refractivity contribution in [2.45, 2.75) is 45.7 Å². The lowest BCUT2D eigenvalue weighted by atomic mass is 10.2. The van der Waals surface area contributed by atoms with Crippen molar-refractivity contribution in [3.63, 3.8) is 0 Å². The molecule has 1 fully saturated rings. The van der Waals surface area contributed by atoms with Crippen LogP contribution in [0.25, 0.3) is 0 Å². The molecule has 0 aromatic heterocycles. The summed E-state index contributed by atoms with van der Waals surface area (Å²) in [6.07, 6.45) is 2.26. The number of nitrogens with one attached hydrogen (secondary N) is 2. The van der Waals surface area contributed by atoms with Crippen LogP contribution in [0, 0.1) is 0 Å². The number of ether oxygens (including phenoxy) is 1. The van der Waals surface area contributed by atoms with Gasteiger partial charge in [-0.3, -0.25) is 4.99 Å². The normalized spacial score (nSPS) is 18.7. The Kier molecular flexibility index (Phi) is 8.72. The topological polar surface area (TPSA) is 52.1 Å². The van der Waals surface area contributed by atoms with Crippen LogP contribution in [-0.2, 0) is 0 Å². The number of para-hydroxylation sites is 2. The first-order chi connectivity index (χ1) is 13.1. The number of benzene rings is 1. The second-order valence-corrected chi connectivity index (χ2v) is 7.25. The Labute approximate surface area is 165 Å². The zero-order valence-electron chi connectivity index (χ0n) is 17.7. The number of hydrogen-bond acceptors (Lipinski definition) is 4. The minimum Gasteiger partial charge on any atom is -0.495 e. The molecule has 1 saturated heterocycles. The van der Waals surface area contributed by atoms with Gasteiger partial charge < -0.3 is 25.2 Å². The Bertz CT molecular complexity index is 592. The highest BCUT2D eigenvalue weighted by molar-refractivity contribution is 5.80. The minimum absolute atomic E-state index is 0.389. The number of nitrogens with zero attached hydrogens (tertiary/aromatic N) is 3. The van der Waals surface area contributed by atoms with E-state index >= 15 is 0 Å². The smallest absolute Gasteiger partial charge is 0.191 e. The highest BCUT2D eigenvalue weighted by atomic mass is 16.5. The molecule has 2 N–H and O–H groups in total. The molecule has 2 atom stereocenters. The molecule has 1 heterocycles. The zero-order chi connectivity index (χ0) is 19.6. The lowest BCUT2D eigenvalue weighted by Crippen LogP contribution is -2.45. The van der Waals surface area contributed by atoms with E-state index in [2.05, 4.69) is 60.4 Å². The van der Waals surface area contributed by atoms with E-state index in [-0.39, 0.29) is 0 Å². The minimum atomic E-state index is 0.389. The molecule has 0 saturated carbocycles. The second-order valence-electron chi connectivity index (χ2n) is 7.25. The van der Waals surface area contributed by atoms with Crippen molar-refractivity contribution in [1.82, 2.24) is 15.5 Å². The van der Waals surface area contributed by atoms with E-state index in [0.717, 1.165) is 50.9 Å². The first-order valence-electron chi connectivity index (χ1n) is 10.2. The van der Waals surface area contributed by atoms with Crippen LogP contribution < -0.4 is 20.3 Å². The Morgan fingerprint density at radius 3 is 2.85 bits per heavy atom. The van der Waals surface area contributed by atoms with Gasteiger partial charge in [-0.1, -0.05) is 19.1 Å². The van der Waals surface area contributed by atoms with Crippen LogP contribution in [-0.4, -0.2) is 69.8 Å². The Balaban J connectivity index is 1.90. The van der Waals surface area contributed by atoms with E-state index in [4.69, 9.17) is 9.73 Å². The highest BCUT2D eigenvalue weighted by Gasteiger charge is 2.25. The second kappa shape index (κ2) is 11.0. The van der Waals surface area contributed by atoms with Crippen LogP contribution in [0.5, 0.6) is 5.75 Å². The van der Waals surface area contributed by atoms with Crippen molar-refractivity contribution < 1.29 is 4.74 Å². The van der Waals surface area contributed by atoms with E-state index in [9.17, 15) is 0 Å². The third-order valence-corrected chi connectivity index (χ3v) is 5.37. The predicted molar refractivity (Wildman–Crippen MR) is 115 cm³/mol. The van der Waals surface area contributed by atoms with Gasteiger partial charge >= 0.3 is 0 Å². The fourth-order valence-electron chi connectivity index (χ4n) is 3.35. The van der Waals surface area contributed by atoms with Crippen molar-refractivity contribution in [3.05, 3.63) is 24.3 Å². The van der Waals surface area contributed by atoms with Gasteiger partial charge in [0.2, 0.25) is 0 Å². The molecule has 1 aromatic carbocycles. The third-order valence-electron chi connectivity index (χ3n) is 5.37. The quantitative estimate of drug-likeness (QED) is 0.513. The van der Waals surface area contributed by atoms with Gasteiger partial charge in [-0.25, -0.2) is 0 Å². The third kappa shape index (κ3) is 6.31. The van der Waals surface area contributed by atoms with Gasteiger partial charge in [0, 0.05) is 38.3 Å². The molecule has 2 rings (SSSR count). The molecule has 27 heavy (non-hydrogen) atoms. The molecule has 152 valence electrons. The lowest BCUT2D eigenvalue weighted by molar-refractivity contribution is 0.259. The van der Waals surface area contributed by atoms with Gasteiger partial charge in [0.15, 0.2) is 5.96 Å². The Morgan fingerprint density at radius 1 is 1.37 bits per heavy atom. The zero-order valence-corrected chi connectivity index (χ0v) is 17.7. The first-order valence-corrected chi connectivity index (χ1v) is 10.2. The van der Waals surface area contributed by atoms with Crippen LogP contribution in [0.3, 0.4) is 0 Å². The molecule has 0 amide bonds. The van der Waals surface area contributed by atoms with Crippen molar-refractivity contribution in [2.24, 2.45) is 4.99 Å². The van der Waals surface area contributed by atoms with E-state index in [1.807, 2.05) is 12.1 Å². The standard InChI is InChI=1S/C21H37N5O/c1-6-17(3)25(4)15-13-23-21(22-7-2)24-18-12-14-26(16-18)19-10-8-9-11-20(19)27-5/h8-11,17-18H,6-7,12-16H2,1-5H3,(H2,22,23,24). The van der Waals surface area contributed by atoms with Crippen molar-refractivity contribution in [3.8, 4) is 5.75 Å². The van der Waals surface area contributed by atoms with Crippen LogP contribution in [0.2, 0.25) is 0 Å².